The number of benzene rings is 1. The summed E-state index contributed by atoms with van der Waals surface area (Å²) in [6, 6.07) is 8.25. The smallest absolute Gasteiger partial charge is 0.192 e. The Hall–Kier alpha value is -1.71. The summed E-state index contributed by atoms with van der Waals surface area (Å²) < 4.78 is 5.80. The van der Waals surface area contributed by atoms with Crippen molar-refractivity contribution in [2.24, 2.45) is 16.6 Å². The van der Waals surface area contributed by atoms with Crippen LogP contribution in [0.1, 0.15) is 32.3 Å². The third-order valence-electron chi connectivity index (χ3n) is 4.33. The highest BCUT2D eigenvalue weighted by atomic mass is 16.5. The second-order valence-corrected chi connectivity index (χ2v) is 5.93. The SMILES string of the molecule is CCOc1ccccc1C1(C)CN=C(N)N1CC1CC1. The molecule has 1 aromatic carbocycles. The summed E-state index contributed by atoms with van der Waals surface area (Å²) >= 11 is 0. The molecule has 108 valence electrons. The summed E-state index contributed by atoms with van der Waals surface area (Å²) in [5.74, 6) is 2.40. The van der Waals surface area contributed by atoms with Crippen molar-refractivity contribution < 1.29 is 4.74 Å². The van der Waals surface area contributed by atoms with E-state index in [-0.39, 0.29) is 5.54 Å². The second kappa shape index (κ2) is 5.00. The van der Waals surface area contributed by atoms with Crippen molar-refractivity contribution in [1.29, 1.82) is 0 Å². The first-order valence-electron chi connectivity index (χ1n) is 7.45. The monoisotopic (exact) mass is 273 g/mol. The van der Waals surface area contributed by atoms with Gasteiger partial charge in [0.15, 0.2) is 5.96 Å². The normalized spacial score (nSPS) is 25.7. The van der Waals surface area contributed by atoms with Gasteiger partial charge in [-0.15, -0.1) is 0 Å². The molecule has 0 saturated heterocycles. The molecule has 4 heteroatoms. The van der Waals surface area contributed by atoms with Crippen LogP contribution < -0.4 is 10.5 Å². The molecular formula is C16H23N3O. The lowest BCUT2D eigenvalue weighted by molar-refractivity contribution is 0.207. The second-order valence-electron chi connectivity index (χ2n) is 5.93. The number of hydrogen-bond donors (Lipinski definition) is 1. The van der Waals surface area contributed by atoms with Crippen LogP contribution in [0.4, 0.5) is 0 Å². The minimum absolute atomic E-state index is 0.182. The van der Waals surface area contributed by atoms with Crippen LogP contribution in [0, 0.1) is 5.92 Å². The van der Waals surface area contributed by atoms with Crippen LogP contribution in [-0.2, 0) is 5.54 Å². The lowest BCUT2D eigenvalue weighted by Crippen LogP contribution is -2.48. The highest BCUT2D eigenvalue weighted by Crippen LogP contribution is 2.41. The molecule has 1 aromatic rings. The predicted octanol–water partition coefficient (Wildman–Crippen LogP) is 2.34. The number of nitrogens with zero attached hydrogens (tertiary/aromatic N) is 2. The summed E-state index contributed by atoms with van der Waals surface area (Å²) in [5.41, 5.74) is 7.13. The number of ether oxygens (including phenoxy) is 1. The topological polar surface area (TPSA) is 50.9 Å². The molecule has 0 radical (unpaired) electrons. The van der Waals surface area contributed by atoms with Gasteiger partial charge in [-0.2, -0.15) is 0 Å². The Kier molecular flexibility index (Phi) is 3.32. The van der Waals surface area contributed by atoms with Crippen LogP contribution in [0.5, 0.6) is 5.75 Å². The van der Waals surface area contributed by atoms with Crippen LogP contribution in [-0.4, -0.2) is 30.6 Å². The van der Waals surface area contributed by atoms with Crippen LogP contribution in [0.3, 0.4) is 0 Å². The van der Waals surface area contributed by atoms with Gasteiger partial charge in [0.1, 0.15) is 5.75 Å². The van der Waals surface area contributed by atoms with E-state index in [1.165, 1.54) is 18.4 Å². The van der Waals surface area contributed by atoms with Gasteiger partial charge in [-0.25, -0.2) is 0 Å². The fourth-order valence-electron chi connectivity index (χ4n) is 2.94. The molecule has 2 N–H and O–H groups in total. The molecule has 3 rings (SSSR count). The molecule has 2 aliphatic rings. The molecule has 0 spiro atoms. The van der Waals surface area contributed by atoms with E-state index < -0.39 is 0 Å². The van der Waals surface area contributed by atoms with Gasteiger partial charge in [0.2, 0.25) is 0 Å². The third-order valence-corrected chi connectivity index (χ3v) is 4.33. The summed E-state index contributed by atoms with van der Waals surface area (Å²) in [5, 5.41) is 0. The van der Waals surface area contributed by atoms with Crippen LogP contribution >= 0.6 is 0 Å². The highest BCUT2D eigenvalue weighted by molar-refractivity contribution is 5.81. The van der Waals surface area contributed by atoms with Crippen molar-refractivity contribution in [3.8, 4) is 5.75 Å². The van der Waals surface area contributed by atoms with Gasteiger partial charge in [-0.05, 0) is 38.7 Å². The van der Waals surface area contributed by atoms with Crippen LogP contribution in [0.15, 0.2) is 29.3 Å². The average molecular weight is 273 g/mol. The van der Waals surface area contributed by atoms with E-state index in [4.69, 9.17) is 10.5 Å². The number of rotatable bonds is 5. The van der Waals surface area contributed by atoms with Gasteiger partial charge in [-0.1, -0.05) is 18.2 Å². The van der Waals surface area contributed by atoms with Crippen molar-refractivity contribution >= 4 is 5.96 Å². The first-order chi connectivity index (χ1) is 9.65. The molecule has 0 aromatic heterocycles. The molecule has 1 unspecified atom stereocenters. The first kappa shape index (κ1) is 13.3. The van der Waals surface area contributed by atoms with Crippen molar-refractivity contribution in [2.45, 2.75) is 32.2 Å². The van der Waals surface area contributed by atoms with E-state index in [0.717, 1.165) is 18.2 Å². The zero-order valence-electron chi connectivity index (χ0n) is 12.3. The number of aliphatic imine (C=N–C) groups is 1. The lowest BCUT2D eigenvalue weighted by atomic mass is 9.90. The summed E-state index contributed by atoms with van der Waals surface area (Å²) in [7, 11) is 0. The Morgan fingerprint density at radius 2 is 2.15 bits per heavy atom. The standard InChI is InChI=1S/C16H23N3O/c1-3-20-14-7-5-4-6-13(14)16(2)11-18-15(17)19(16)10-12-8-9-12/h4-7,12H,3,8-11H2,1-2H3,(H2,17,18). The molecule has 0 bridgehead atoms. The van der Waals surface area contributed by atoms with Crippen LogP contribution in [0.25, 0.3) is 0 Å². The van der Waals surface area contributed by atoms with Crippen molar-refractivity contribution in [3.05, 3.63) is 29.8 Å². The zero-order chi connectivity index (χ0) is 14.2. The first-order valence-corrected chi connectivity index (χ1v) is 7.45. The van der Waals surface area contributed by atoms with Crippen molar-refractivity contribution in [1.82, 2.24) is 4.90 Å². The largest absolute Gasteiger partial charge is 0.494 e. The summed E-state index contributed by atoms with van der Waals surface area (Å²) in [4.78, 5) is 6.76. The van der Waals surface area contributed by atoms with Gasteiger partial charge < -0.3 is 15.4 Å². The Morgan fingerprint density at radius 3 is 2.85 bits per heavy atom. The molecule has 1 heterocycles. The van der Waals surface area contributed by atoms with Crippen LogP contribution in [0.2, 0.25) is 0 Å². The summed E-state index contributed by atoms with van der Waals surface area (Å²) in [6.45, 7) is 6.62. The molecule has 4 nitrogen and oxygen atoms in total. The maximum absolute atomic E-state index is 6.13. The Morgan fingerprint density at radius 1 is 1.40 bits per heavy atom. The highest BCUT2D eigenvalue weighted by Gasteiger charge is 2.43. The predicted molar refractivity (Wildman–Crippen MR) is 80.9 cm³/mol. The van der Waals surface area contributed by atoms with Gasteiger partial charge >= 0.3 is 0 Å². The maximum atomic E-state index is 6.13. The fraction of sp³-hybridized carbons (Fsp3) is 0.562. The molecule has 0 amide bonds. The van der Waals surface area contributed by atoms with E-state index >= 15 is 0 Å². The lowest BCUT2D eigenvalue weighted by Gasteiger charge is -2.37. The van der Waals surface area contributed by atoms with E-state index in [9.17, 15) is 0 Å². The Labute approximate surface area is 120 Å². The minimum Gasteiger partial charge on any atom is -0.494 e. The molecule has 1 aliphatic carbocycles. The van der Waals surface area contributed by atoms with Gasteiger partial charge in [0.05, 0.1) is 18.7 Å². The average Bonchev–Trinajstić information content (AvgIpc) is 3.22. The molecule has 1 aliphatic heterocycles. The van der Waals surface area contributed by atoms with Crippen molar-refractivity contribution in [2.75, 3.05) is 19.7 Å². The van der Waals surface area contributed by atoms with E-state index in [1.54, 1.807) is 0 Å². The fourth-order valence-corrected chi connectivity index (χ4v) is 2.94. The third kappa shape index (κ3) is 2.23. The van der Waals surface area contributed by atoms with Crippen molar-refractivity contribution in [3.63, 3.8) is 0 Å². The van der Waals surface area contributed by atoms with E-state index in [1.807, 2.05) is 19.1 Å². The zero-order valence-corrected chi connectivity index (χ0v) is 12.3. The number of guanidine groups is 1. The van der Waals surface area contributed by atoms with Gasteiger partial charge in [0, 0.05) is 12.1 Å². The molecule has 1 atom stereocenters. The number of nitrogens with two attached hydrogens (primary N) is 1. The maximum Gasteiger partial charge on any atom is 0.192 e. The Balaban J connectivity index is 1.94. The summed E-state index contributed by atoms with van der Waals surface area (Å²) in [6.07, 6.45) is 2.62. The molecule has 1 fully saturated rings. The quantitative estimate of drug-likeness (QED) is 0.896. The van der Waals surface area contributed by atoms with E-state index in [0.29, 0.717) is 19.1 Å². The Bertz CT molecular complexity index is 524. The molecular weight excluding hydrogens is 250 g/mol. The number of hydrogen-bond acceptors (Lipinski definition) is 4. The number of para-hydroxylation sites is 1. The molecule has 1 saturated carbocycles. The van der Waals surface area contributed by atoms with Gasteiger partial charge in [0.25, 0.3) is 0 Å². The molecule has 20 heavy (non-hydrogen) atoms. The van der Waals surface area contributed by atoms with E-state index in [2.05, 4.69) is 28.9 Å². The van der Waals surface area contributed by atoms with Gasteiger partial charge in [-0.3, -0.25) is 4.99 Å². The minimum atomic E-state index is -0.182.